The molecule has 1 heterocycles. The molecular weight excluding hydrogens is 184 g/mol. The summed E-state index contributed by atoms with van der Waals surface area (Å²) in [6, 6.07) is 0. The maximum atomic E-state index is 10.1. The van der Waals surface area contributed by atoms with Crippen molar-refractivity contribution in [3.63, 3.8) is 0 Å². The second-order valence-corrected chi connectivity index (χ2v) is 2.74. The fraction of sp³-hybridized carbons (Fsp3) is 0.333. The number of nitrogens with one attached hydrogen (secondary N) is 1. The lowest BCUT2D eigenvalue weighted by Gasteiger charge is -1.95. The Morgan fingerprint density at radius 3 is 3.14 bits per heavy atom. The van der Waals surface area contributed by atoms with Gasteiger partial charge in [0.1, 0.15) is 5.76 Å². The summed E-state index contributed by atoms with van der Waals surface area (Å²) in [5.41, 5.74) is 0. The van der Waals surface area contributed by atoms with Crippen LogP contribution in [0.15, 0.2) is 22.8 Å². The molecule has 0 atom stereocenters. The van der Waals surface area contributed by atoms with Crippen LogP contribution in [-0.4, -0.2) is 22.6 Å². The first-order valence-corrected chi connectivity index (χ1v) is 4.20. The summed E-state index contributed by atoms with van der Waals surface area (Å²) in [5, 5.41) is 11.3. The van der Waals surface area contributed by atoms with Crippen molar-refractivity contribution in [3.8, 4) is 0 Å². The Kier molecular flexibility index (Phi) is 3.87. The quantitative estimate of drug-likeness (QED) is 0.536. The van der Waals surface area contributed by atoms with E-state index in [-0.39, 0.29) is 0 Å². The molecule has 5 nitrogen and oxygen atoms in total. The van der Waals surface area contributed by atoms with Crippen LogP contribution in [0.4, 0.5) is 0 Å². The van der Waals surface area contributed by atoms with Gasteiger partial charge < -0.3 is 14.8 Å². The number of aromatic nitrogens is 1. The van der Waals surface area contributed by atoms with Crippen LogP contribution in [0.3, 0.4) is 0 Å². The van der Waals surface area contributed by atoms with E-state index in [9.17, 15) is 4.79 Å². The topological polar surface area (TPSA) is 75.4 Å². The molecule has 0 fully saturated rings. The summed E-state index contributed by atoms with van der Waals surface area (Å²) < 4.78 is 5.20. The number of rotatable bonds is 5. The number of oxazole rings is 1. The Morgan fingerprint density at radius 1 is 1.79 bits per heavy atom. The number of carboxylic acid groups (broad SMARTS) is 1. The van der Waals surface area contributed by atoms with Gasteiger partial charge in [0.15, 0.2) is 0 Å². The van der Waals surface area contributed by atoms with Crippen LogP contribution in [0, 0.1) is 6.92 Å². The van der Waals surface area contributed by atoms with Crippen molar-refractivity contribution in [3.05, 3.63) is 30.0 Å². The highest BCUT2D eigenvalue weighted by molar-refractivity contribution is 5.79. The lowest BCUT2D eigenvalue weighted by molar-refractivity contribution is -0.131. The van der Waals surface area contributed by atoms with E-state index in [0.717, 1.165) is 11.8 Å². The molecule has 0 aliphatic heterocycles. The summed E-state index contributed by atoms with van der Waals surface area (Å²) in [4.78, 5) is 14.1. The Labute approximate surface area is 81.5 Å². The minimum atomic E-state index is -0.946. The monoisotopic (exact) mass is 196 g/mol. The summed E-state index contributed by atoms with van der Waals surface area (Å²) >= 11 is 0. The van der Waals surface area contributed by atoms with Crippen LogP contribution in [0.1, 0.15) is 11.7 Å². The number of nitrogens with zero attached hydrogens (tertiary/aromatic N) is 1. The SMILES string of the molecule is Cc1cnc(CNC/C=C/C(=O)O)o1. The van der Waals surface area contributed by atoms with Gasteiger partial charge in [-0.2, -0.15) is 0 Å². The average molecular weight is 196 g/mol. The highest BCUT2D eigenvalue weighted by atomic mass is 16.4. The van der Waals surface area contributed by atoms with Crippen molar-refractivity contribution < 1.29 is 14.3 Å². The molecule has 0 spiro atoms. The molecule has 0 unspecified atom stereocenters. The van der Waals surface area contributed by atoms with Gasteiger partial charge in [-0.1, -0.05) is 6.08 Å². The molecule has 0 bridgehead atoms. The normalized spacial score (nSPS) is 10.9. The Balaban J connectivity index is 2.19. The lowest BCUT2D eigenvalue weighted by atomic mass is 10.5. The van der Waals surface area contributed by atoms with Gasteiger partial charge in [0.25, 0.3) is 0 Å². The van der Waals surface area contributed by atoms with E-state index in [1.165, 1.54) is 6.08 Å². The maximum absolute atomic E-state index is 10.1. The zero-order valence-corrected chi connectivity index (χ0v) is 7.86. The average Bonchev–Trinajstić information content (AvgIpc) is 2.50. The molecule has 5 heteroatoms. The first-order valence-electron chi connectivity index (χ1n) is 4.20. The third-order valence-corrected chi connectivity index (χ3v) is 1.47. The number of aryl methyl sites for hydroxylation is 1. The summed E-state index contributed by atoms with van der Waals surface area (Å²) in [7, 11) is 0. The number of hydrogen-bond acceptors (Lipinski definition) is 4. The second-order valence-electron chi connectivity index (χ2n) is 2.74. The van der Waals surface area contributed by atoms with Crippen LogP contribution >= 0.6 is 0 Å². The first kappa shape index (κ1) is 10.5. The standard InChI is InChI=1S/C9H12N2O3/c1-7-5-11-8(14-7)6-10-4-2-3-9(12)13/h2-3,5,10H,4,6H2,1H3,(H,12,13)/b3-2+. The smallest absolute Gasteiger partial charge is 0.328 e. The molecule has 0 aromatic carbocycles. The molecule has 1 aromatic rings. The fourth-order valence-corrected chi connectivity index (χ4v) is 0.905. The third kappa shape index (κ3) is 3.86. The predicted octanol–water partition coefficient (Wildman–Crippen LogP) is 0.713. The number of carbonyl (C=O) groups is 1. The van der Waals surface area contributed by atoms with Crippen molar-refractivity contribution in [1.82, 2.24) is 10.3 Å². The second kappa shape index (κ2) is 5.18. The predicted molar refractivity (Wildman–Crippen MR) is 49.7 cm³/mol. The van der Waals surface area contributed by atoms with Crippen LogP contribution in [0.2, 0.25) is 0 Å². The Hall–Kier alpha value is -1.62. The molecule has 0 aliphatic rings. The van der Waals surface area contributed by atoms with E-state index in [4.69, 9.17) is 9.52 Å². The third-order valence-electron chi connectivity index (χ3n) is 1.47. The van der Waals surface area contributed by atoms with Gasteiger partial charge in [-0.05, 0) is 6.92 Å². The van der Waals surface area contributed by atoms with Gasteiger partial charge >= 0.3 is 5.97 Å². The summed E-state index contributed by atoms with van der Waals surface area (Å²) in [6.07, 6.45) is 4.26. The van der Waals surface area contributed by atoms with E-state index in [1.807, 2.05) is 6.92 Å². The molecule has 76 valence electrons. The van der Waals surface area contributed by atoms with E-state index in [2.05, 4.69) is 10.3 Å². The Bertz CT molecular complexity index is 331. The van der Waals surface area contributed by atoms with E-state index >= 15 is 0 Å². The molecular formula is C9H12N2O3. The zero-order chi connectivity index (χ0) is 10.4. The van der Waals surface area contributed by atoms with Gasteiger partial charge in [-0.25, -0.2) is 9.78 Å². The first-order chi connectivity index (χ1) is 6.68. The van der Waals surface area contributed by atoms with Crippen molar-refractivity contribution in [1.29, 1.82) is 0 Å². The van der Waals surface area contributed by atoms with Crippen LogP contribution in [0.5, 0.6) is 0 Å². The number of carboxylic acids is 1. The molecule has 1 aromatic heterocycles. The molecule has 1 rings (SSSR count). The lowest BCUT2D eigenvalue weighted by Crippen LogP contribution is -2.13. The summed E-state index contributed by atoms with van der Waals surface area (Å²) in [5.74, 6) is 0.424. The fourth-order valence-electron chi connectivity index (χ4n) is 0.905. The molecule has 0 amide bonds. The van der Waals surface area contributed by atoms with Crippen LogP contribution < -0.4 is 5.32 Å². The largest absolute Gasteiger partial charge is 0.478 e. The van der Waals surface area contributed by atoms with Gasteiger partial charge in [0, 0.05) is 12.6 Å². The van der Waals surface area contributed by atoms with Gasteiger partial charge in [-0.3, -0.25) is 0 Å². The van der Waals surface area contributed by atoms with Crippen molar-refractivity contribution >= 4 is 5.97 Å². The van der Waals surface area contributed by atoms with Crippen molar-refractivity contribution in [2.75, 3.05) is 6.54 Å². The molecule has 2 N–H and O–H groups in total. The number of aliphatic carboxylic acids is 1. The maximum Gasteiger partial charge on any atom is 0.328 e. The molecule has 0 aliphatic carbocycles. The molecule has 0 radical (unpaired) electrons. The zero-order valence-electron chi connectivity index (χ0n) is 7.86. The Morgan fingerprint density at radius 2 is 2.57 bits per heavy atom. The van der Waals surface area contributed by atoms with E-state index in [1.54, 1.807) is 6.20 Å². The number of hydrogen-bond donors (Lipinski definition) is 2. The van der Waals surface area contributed by atoms with Crippen LogP contribution in [-0.2, 0) is 11.3 Å². The van der Waals surface area contributed by atoms with E-state index in [0.29, 0.717) is 19.0 Å². The molecule has 14 heavy (non-hydrogen) atoms. The van der Waals surface area contributed by atoms with Gasteiger partial charge in [-0.15, -0.1) is 0 Å². The molecule has 0 saturated heterocycles. The summed E-state index contributed by atoms with van der Waals surface area (Å²) in [6.45, 7) is 2.80. The van der Waals surface area contributed by atoms with E-state index < -0.39 is 5.97 Å². The van der Waals surface area contributed by atoms with Crippen molar-refractivity contribution in [2.24, 2.45) is 0 Å². The highest BCUT2D eigenvalue weighted by Crippen LogP contribution is 1.99. The minimum absolute atomic E-state index is 0.480. The van der Waals surface area contributed by atoms with Crippen molar-refractivity contribution in [2.45, 2.75) is 13.5 Å². The minimum Gasteiger partial charge on any atom is -0.478 e. The van der Waals surface area contributed by atoms with Gasteiger partial charge in [0.2, 0.25) is 5.89 Å². The van der Waals surface area contributed by atoms with Crippen LogP contribution in [0.25, 0.3) is 0 Å². The molecule has 0 saturated carbocycles. The van der Waals surface area contributed by atoms with Gasteiger partial charge in [0.05, 0.1) is 12.7 Å². The highest BCUT2D eigenvalue weighted by Gasteiger charge is 1.97.